The van der Waals surface area contributed by atoms with Crippen molar-refractivity contribution in [1.29, 1.82) is 0 Å². The molecule has 1 aromatic heterocycles. The maximum atomic E-state index is 12.6. The van der Waals surface area contributed by atoms with Gasteiger partial charge in [-0.15, -0.1) is 0 Å². The van der Waals surface area contributed by atoms with Gasteiger partial charge < -0.3 is 10.1 Å². The van der Waals surface area contributed by atoms with Crippen molar-refractivity contribution in [3.8, 4) is 11.4 Å². The van der Waals surface area contributed by atoms with Gasteiger partial charge in [-0.1, -0.05) is 35.3 Å². The first kappa shape index (κ1) is 22.6. The second-order valence-electron chi connectivity index (χ2n) is 7.29. The number of aromatic nitrogens is 2. The second kappa shape index (κ2) is 9.48. The lowest BCUT2D eigenvalue weighted by molar-refractivity contribution is 0.0735. The van der Waals surface area contributed by atoms with Gasteiger partial charge >= 0.3 is 5.97 Å². The molecule has 166 valence electrons. The largest absolute Gasteiger partial charge is 0.423 e. The van der Waals surface area contributed by atoms with E-state index >= 15 is 0 Å². The van der Waals surface area contributed by atoms with Crippen LogP contribution in [0.5, 0.6) is 5.75 Å². The Balaban J connectivity index is 1.41. The fourth-order valence-electron chi connectivity index (χ4n) is 3.23. The smallest absolute Gasteiger partial charge is 0.345 e. The molecule has 1 heterocycles. The minimum atomic E-state index is -0.568. The zero-order valence-electron chi connectivity index (χ0n) is 17.8. The highest BCUT2D eigenvalue weighted by molar-refractivity contribution is 6.33. The normalized spacial score (nSPS) is 10.7. The van der Waals surface area contributed by atoms with Gasteiger partial charge in [0.1, 0.15) is 5.75 Å². The lowest BCUT2D eigenvalue weighted by atomic mass is 10.2. The molecule has 33 heavy (non-hydrogen) atoms. The monoisotopic (exact) mass is 479 g/mol. The SMILES string of the molecule is Cc1nn(-c2ccc(NC(=O)c3ccc(OC(=O)c4ccccc4Cl)cc3)cc2)c(C)c1Cl. The van der Waals surface area contributed by atoms with Crippen molar-refractivity contribution < 1.29 is 14.3 Å². The Morgan fingerprint density at radius 1 is 0.909 bits per heavy atom. The average molecular weight is 480 g/mol. The number of rotatable bonds is 5. The van der Waals surface area contributed by atoms with E-state index in [0.29, 0.717) is 27.0 Å². The molecule has 0 fully saturated rings. The molecule has 6 nitrogen and oxygen atoms in total. The van der Waals surface area contributed by atoms with Crippen LogP contribution >= 0.6 is 23.2 Å². The van der Waals surface area contributed by atoms with Gasteiger partial charge in [-0.25, -0.2) is 9.48 Å². The Morgan fingerprint density at radius 2 is 1.58 bits per heavy atom. The summed E-state index contributed by atoms with van der Waals surface area (Å²) in [7, 11) is 0. The molecular formula is C25H19Cl2N3O3. The Morgan fingerprint density at radius 3 is 2.18 bits per heavy atom. The van der Waals surface area contributed by atoms with Crippen LogP contribution in [0.25, 0.3) is 5.69 Å². The number of halogens is 2. The van der Waals surface area contributed by atoms with Crippen molar-refractivity contribution in [3.63, 3.8) is 0 Å². The van der Waals surface area contributed by atoms with Gasteiger partial charge in [0.2, 0.25) is 0 Å². The van der Waals surface area contributed by atoms with Crippen LogP contribution in [-0.2, 0) is 0 Å². The van der Waals surface area contributed by atoms with Crippen molar-refractivity contribution >= 4 is 40.8 Å². The number of carbonyl (C=O) groups is 2. The highest BCUT2D eigenvalue weighted by Gasteiger charge is 2.14. The molecule has 0 spiro atoms. The van der Waals surface area contributed by atoms with Crippen LogP contribution in [0.1, 0.15) is 32.1 Å². The summed E-state index contributed by atoms with van der Waals surface area (Å²) in [5.41, 5.74) is 3.76. The molecule has 1 N–H and O–H groups in total. The van der Waals surface area contributed by atoms with Gasteiger partial charge in [0, 0.05) is 11.3 Å². The van der Waals surface area contributed by atoms with E-state index in [9.17, 15) is 9.59 Å². The predicted molar refractivity (Wildman–Crippen MR) is 129 cm³/mol. The fourth-order valence-corrected chi connectivity index (χ4v) is 3.56. The maximum Gasteiger partial charge on any atom is 0.345 e. The number of amides is 1. The summed E-state index contributed by atoms with van der Waals surface area (Å²) in [5.74, 6) is -0.549. The second-order valence-corrected chi connectivity index (χ2v) is 8.08. The van der Waals surface area contributed by atoms with Gasteiger partial charge in [-0.2, -0.15) is 5.10 Å². The first-order chi connectivity index (χ1) is 15.8. The third-order valence-corrected chi connectivity index (χ3v) is 5.87. The molecule has 0 unspecified atom stereocenters. The summed E-state index contributed by atoms with van der Waals surface area (Å²) in [6.07, 6.45) is 0. The molecule has 0 saturated heterocycles. The molecule has 0 radical (unpaired) electrons. The van der Waals surface area contributed by atoms with Crippen molar-refractivity contribution in [2.75, 3.05) is 5.32 Å². The van der Waals surface area contributed by atoms with E-state index in [0.717, 1.165) is 17.1 Å². The van der Waals surface area contributed by atoms with Crippen LogP contribution in [-0.4, -0.2) is 21.7 Å². The van der Waals surface area contributed by atoms with E-state index in [2.05, 4.69) is 10.4 Å². The van der Waals surface area contributed by atoms with Gasteiger partial charge in [0.25, 0.3) is 5.91 Å². The van der Waals surface area contributed by atoms with Gasteiger partial charge in [-0.05, 0) is 74.5 Å². The van der Waals surface area contributed by atoms with Crippen LogP contribution in [0, 0.1) is 13.8 Å². The number of anilines is 1. The van der Waals surface area contributed by atoms with Crippen molar-refractivity contribution in [2.45, 2.75) is 13.8 Å². The first-order valence-electron chi connectivity index (χ1n) is 10.0. The quantitative estimate of drug-likeness (QED) is 0.270. The van der Waals surface area contributed by atoms with Crippen LogP contribution in [0.4, 0.5) is 5.69 Å². The van der Waals surface area contributed by atoms with Crippen LogP contribution < -0.4 is 10.1 Å². The van der Waals surface area contributed by atoms with Crippen LogP contribution in [0.3, 0.4) is 0 Å². The van der Waals surface area contributed by atoms with E-state index in [-0.39, 0.29) is 11.5 Å². The summed E-state index contributed by atoms with van der Waals surface area (Å²) in [6.45, 7) is 3.75. The first-order valence-corrected chi connectivity index (χ1v) is 10.8. The van der Waals surface area contributed by atoms with Crippen molar-refractivity contribution in [1.82, 2.24) is 9.78 Å². The van der Waals surface area contributed by atoms with Gasteiger partial charge in [-0.3, -0.25) is 4.79 Å². The summed E-state index contributed by atoms with van der Waals surface area (Å²) in [6, 6.07) is 20.2. The molecule has 0 saturated carbocycles. The lowest BCUT2D eigenvalue weighted by Gasteiger charge is -2.09. The number of aryl methyl sites for hydroxylation is 1. The number of hydrogen-bond acceptors (Lipinski definition) is 4. The molecule has 4 aromatic rings. The lowest BCUT2D eigenvalue weighted by Crippen LogP contribution is -2.12. The number of carbonyl (C=O) groups excluding carboxylic acids is 2. The molecule has 0 aliphatic rings. The minimum Gasteiger partial charge on any atom is -0.423 e. The predicted octanol–water partition coefficient (Wildman–Crippen LogP) is 6.27. The van der Waals surface area contributed by atoms with Crippen molar-refractivity contribution in [3.05, 3.63) is 105 Å². The third kappa shape index (κ3) is 4.92. The van der Waals surface area contributed by atoms with E-state index in [1.54, 1.807) is 65.3 Å². The standard InChI is InChI=1S/C25H19Cl2N3O3/c1-15-23(27)16(2)30(29-15)19-11-9-18(10-12-19)28-24(31)17-7-13-20(14-8-17)33-25(32)21-5-3-4-6-22(21)26/h3-14H,1-2H3,(H,28,31). The zero-order chi connectivity index (χ0) is 23.5. The van der Waals surface area contributed by atoms with Gasteiger partial charge in [0.15, 0.2) is 0 Å². The summed E-state index contributed by atoms with van der Waals surface area (Å²) in [5, 5.41) is 8.21. The summed E-state index contributed by atoms with van der Waals surface area (Å²) >= 11 is 12.2. The topological polar surface area (TPSA) is 73.2 Å². The molecule has 4 rings (SSSR count). The summed E-state index contributed by atoms with van der Waals surface area (Å²) in [4.78, 5) is 24.9. The highest BCUT2D eigenvalue weighted by atomic mass is 35.5. The molecule has 0 bridgehead atoms. The molecule has 3 aromatic carbocycles. The van der Waals surface area contributed by atoms with E-state index in [4.69, 9.17) is 27.9 Å². The molecule has 0 aliphatic heterocycles. The van der Waals surface area contributed by atoms with Crippen molar-refractivity contribution in [2.24, 2.45) is 0 Å². The van der Waals surface area contributed by atoms with E-state index in [1.807, 2.05) is 26.0 Å². The Bertz CT molecular complexity index is 1330. The molecular weight excluding hydrogens is 461 g/mol. The number of nitrogens with zero attached hydrogens (tertiary/aromatic N) is 2. The molecule has 0 aliphatic carbocycles. The average Bonchev–Trinajstić information content (AvgIpc) is 3.07. The molecule has 8 heteroatoms. The third-order valence-electron chi connectivity index (χ3n) is 4.99. The van der Waals surface area contributed by atoms with E-state index < -0.39 is 5.97 Å². The number of ether oxygens (including phenoxy) is 1. The fraction of sp³-hybridized carbons (Fsp3) is 0.0800. The van der Waals surface area contributed by atoms with Crippen LogP contribution in [0.15, 0.2) is 72.8 Å². The number of nitrogens with one attached hydrogen (secondary N) is 1. The zero-order valence-corrected chi connectivity index (χ0v) is 19.3. The molecule has 1 amide bonds. The van der Waals surface area contributed by atoms with Crippen LogP contribution in [0.2, 0.25) is 10.0 Å². The highest BCUT2D eigenvalue weighted by Crippen LogP contribution is 2.24. The molecule has 0 atom stereocenters. The van der Waals surface area contributed by atoms with Gasteiger partial charge in [0.05, 0.1) is 32.7 Å². The maximum absolute atomic E-state index is 12.6. The Hall–Kier alpha value is -3.61. The minimum absolute atomic E-state index is 0.271. The Labute approximate surface area is 200 Å². The van der Waals surface area contributed by atoms with E-state index in [1.165, 1.54) is 0 Å². The summed E-state index contributed by atoms with van der Waals surface area (Å²) < 4.78 is 7.09. The number of esters is 1. The number of benzene rings is 3. The Kier molecular flexibility index (Phi) is 6.49. The number of hydrogen-bond donors (Lipinski definition) is 1.